The van der Waals surface area contributed by atoms with E-state index in [0.29, 0.717) is 12.7 Å². The predicted molar refractivity (Wildman–Crippen MR) is 59.0 cm³/mol. The van der Waals surface area contributed by atoms with Crippen LogP contribution in [0.15, 0.2) is 0 Å². The number of hydrogen-bond acceptors (Lipinski definition) is 3. The van der Waals surface area contributed by atoms with E-state index in [1.807, 2.05) is 0 Å². The SMILES string of the molecule is CCOC(=O)[C@@H](C[Si](C)(C)C)C(C)=O. The Morgan fingerprint density at radius 1 is 1.29 bits per heavy atom. The van der Waals surface area contributed by atoms with Gasteiger partial charge in [-0.3, -0.25) is 9.59 Å². The Hall–Kier alpha value is -0.643. The minimum absolute atomic E-state index is 0.0779. The molecule has 4 heteroatoms. The smallest absolute Gasteiger partial charge is 0.316 e. The predicted octanol–water partition coefficient (Wildman–Crippen LogP) is 2.09. The zero-order chi connectivity index (χ0) is 11.4. The van der Waals surface area contributed by atoms with Crippen LogP contribution in [0.1, 0.15) is 13.8 Å². The molecule has 0 N–H and O–H groups in total. The summed E-state index contributed by atoms with van der Waals surface area (Å²) in [4.78, 5) is 22.7. The molecule has 0 saturated heterocycles. The molecule has 0 aliphatic rings. The number of carbonyl (C=O) groups excluding carboxylic acids is 2. The Balaban J connectivity index is 4.45. The molecule has 0 fully saturated rings. The molecule has 0 radical (unpaired) electrons. The Morgan fingerprint density at radius 2 is 1.79 bits per heavy atom. The van der Waals surface area contributed by atoms with Gasteiger partial charge in [-0.25, -0.2) is 0 Å². The lowest BCUT2D eigenvalue weighted by Gasteiger charge is -2.21. The monoisotopic (exact) mass is 216 g/mol. The third kappa shape index (κ3) is 5.17. The van der Waals surface area contributed by atoms with E-state index in [2.05, 4.69) is 19.6 Å². The van der Waals surface area contributed by atoms with E-state index in [9.17, 15) is 9.59 Å². The molecule has 0 spiro atoms. The first-order chi connectivity index (χ1) is 6.28. The molecule has 1 atom stereocenters. The van der Waals surface area contributed by atoms with Crippen LogP contribution in [-0.2, 0) is 14.3 Å². The van der Waals surface area contributed by atoms with Gasteiger partial charge in [0.1, 0.15) is 11.7 Å². The van der Waals surface area contributed by atoms with Crippen molar-refractivity contribution in [2.45, 2.75) is 39.5 Å². The molecular formula is C10H20O3Si. The summed E-state index contributed by atoms with van der Waals surface area (Å²) in [6.07, 6.45) is 0. The number of Topliss-reactive ketones (excluding diaryl/α,β-unsaturated/α-hetero) is 1. The minimum atomic E-state index is -1.40. The third-order valence-electron chi connectivity index (χ3n) is 1.88. The second kappa shape index (κ2) is 5.29. The van der Waals surface area contributed by atoms with E-state index in [1.54, 1.807) is 6.92 Å². The van der Waals surface area contributed by atoms with Crippen molar-refractivity contribution < 1.29 is 14.3 Å². The molecule has 0 amide bonds. The molecule has 0 aliphatic carbocycles. The van der Waals surface area contributed by atoms with Crippen LogP contribution in [0.2, 0.25) is 25.7 Å². The molecule has 0 aromatic carbocycles. The van der Waals surface area contributed by atoms with E-state index in [-0.39, 0.29) is 11.8 Å². The lowest BCUT2D eigenvalue weighted by Crippen LogP contribution is -2.33. The number of esters is 1. The van der Waals surface area contributed by atoms with Gasteiger partial charge in [-0.1, -0.05) is 19.6 Å². The van der Waals surface area contributed by atoms with Crippen LogP contribution in [0.3, 0.4) is 0 Å². The Kier molecular flexibility index (Phi) is 5.05. The summed E-state index contributed by atoms with van der Waals surface area (Å²) in [7, 11) is -1.40. The first kappa shape index (κ1) is 13.4. The molecule has 14 heavy (non-hydrogen) atoms. The Morgan fingerprint density at radius 3 is 2.07 bits per heavy atom. The van der Waals surface area contributed by atoms with Crippen molar-refractivity contribution in [1.29, 1.82) is 0 Å². The first-order valence-electron chi connectivity index (χ1n) is 4.95. The largest absolute Gasteiger partial charge is 0.465 e. The molecule has 0 aliphatic heterocycles. The maximum atomic E-state index is 11.4. The highest BCUT2D eigenvalue weighted by atomic mass is 28.3. The molecule has 0 aromatic rings. The maximum Gasteiger partial charge on any atom is 0.316 e. The van der Waals surface area contributed by atoms with Crippen LogP contribution >= 0.6 is 0 Å². The quantitative estimate of drug-likeness (QED) is 0.401. The maximum absolute atomic E-state index is 11.4. The zero-order valence-corrected chi connectivity index (χ0v) is 10.7. The van der Waals surface area contributed by atoms with Gasteiger partial charge in [-0.2, -0.15) is 0 Å². The third-order valence-corrected chi connectivity index (χ3v) is 3.51. The minimum Gasteiger partial charge on any atom is -0.465 e. The molecule has 0 aromatic heterocycles. The van der Waals surface area contributed by atoms with Crippen LogP contribution in [-0.4, -0.2) is 26.4 Å². The van der Waals surface area contributed by atoms with Gasteiger partial charge in [-0.15, -0.1) is 0 Å². The summed E-state index contributed by atoms with van der Waals surface area (Å²) in [5.41, 5.74) is 0. The molecule has 3 nitrogen and oxygen atoms in total. The number of hydrogen-bond donors (Lipinski definition) is 0. The Labute approximate surface area is 86.8 Å². The summed E-state index contributed by atoms with van der Waals surface area (Å²) in [5.74, 6) is -0.977. The number of rotatable bonds is 5. The average Bonchev–Trinajstić information content (AvgIpc) is 1.98. The molecule has 0 bridgehead atoms. The highest BCUT2D eigenvalue weighted by Crippen LogP contribution is 2.19. The van der Waals surface area contributed by atoms with E-state index in [1.165, 1.54) is 6.92 Å². The van der Waals surface area contributed by atoms with Crippen molar-refractivity contribution in [3.8, 4) is 0 Å². The van der Waals surface area contributed by atoms with E-state index in [4.69, 9.17) is 4.74 Å². The van der Waals surface area contributed by atoms with Gasteiger partial charge in [0.25, 0.3) is 0 Å². The lowest BCUT2D eigenvalue weighted by atomic mass is 10.1. The van der Waals surface area contributed by atoms with Crippen LogP contribution < -0.4 is 0 Å². The van der Waals surface area contributed by atoms with Crippen molar-refractivity contribution in [3.05, 3.63) is 0 Å². The standard InChI is InChI=1S/C10H20O3Si/c1-6-13-10(12)9(8(2)11)7-14(3,4)5/h9H,6-7H2,1-5H3/t9-/m0/s1. The fourth-order valence-electron chi connectivity index (χ4n) is 1.25. The van der Waals surface area contributed by atoms with Crippen LogP contribution in [0.25, 0.3) is 0 Å². The summed E-state index contributed by atoms with van der Waals surface area (Å²) in [6.45, 7) is 9.98. The Bertz CT molecular complexity index is 218. The second-order valence-electron chi connectivity index (χ2n) is 4.68. The second-order valence-corrected chi connectivity index (χ2v) is 10.2. The highest BCUT2D eigenvalue weighted by molar-refractivity contribution is 6.76. The van der Waals surface area contributed by atoms with Crippen molar-refractivity contribution >= 4 is 19.8 Å². The molecule has 0 saturated carbocycles. The molecule has 0 rings (SSSR count). The normalized spacial score (nSPS) is 13.5. The van der Waals surface area contributed by atoms with Crippen molar-refractivity contribution in [2.24, 2.45) is 5.92 Å². The zero-order valence-electron chi connectivity index (χ0n) is 9.72. The van der Waals surface area contributed by atoms with Crippen molar-refractivity contribution in [3.63, 3.8) is 0 Å². The lowest BCUT2D eigenvalue weighted by molar-refractivity contribution is -0.150. The number of ether oxygens (including phenoxy) is 1. The van der Waals surface area contributed by atoms with Crippen molar-refractivity contribution in [1.82, 2.24) is 0 Å². The average molecular weight is 216 g/mol. The van der Waals surface area contributed by atoms with Crippen LogP contribution in [0, 0.1) is 5.92 Å². The molecule has 0 unspecified atom stereocenters. The summed E-state index contributed by atoms with van der Waals surface area (Å²) in [5, 5.41) is 0. The van der Waals surface area contributed by atoms with Gasteiger partial charge >= 0.3 is 5.97 Å². The summed E-state index contributed by atoms with van der Waals surface area (Å²) < 4.78 is 4.87. The van der Waals surface area contributed by atoms with E-state index < -0.39 is 14.0 Å². The summed E-state index contributed by atoms with van der Waals surface area (Å²) >= 11 is 0. The number of carbonyl (C=O) groups is 2. The number of ketones is 1. The van der Waals surface area contributed by atoms with Crippen LogP contribution in [0.5, 0.6) is 0 Å². The first-order valence-corrected chi connectivity index (χ1v) is 8.65. The van der Waals surface area contributed by atoms with Crippen molar-refractivity contribution in [2.75, 3.05) is 6.61 Å². The van der Waals surface area contributed by atoms with Gasteiger partial charge < -0.3 is 4.74 Å². The van der Waals surface area contributed by atoms with Gasteiger partial charge in [0.05, 0.1) is 6.61 Å². The topological polar surface area (TPSA) is 43.4 Å². The molecule has 0 heterocycles. The fraction of sp³-hybridized carbons (Fsp3) is 0.800. The molecular weight excluding hydrogens is 196 g/mol. The summed E-state index contributed by atoms with van der Waals surface area (Å²) in [6, 6.07) is 0.682. The molecule has 82 valence electrons. The van der Waals surface area contributed by atoms with E-state index >= 15 is 0 Å². The van der Waals surface area contributed by atoms with Gasteiger partial charge in [0.2, 0.25) is 0 Å². The van der Waals surface area contributed by atoms with Gasteiger partial charge in [0, 0.05) is 8.07 Å². The van der Waals surface area contributed by atoms with Gasteiger partial charge in [0.15, 0.2) is 0 Å². The fourth-order valence-corrected chi connectivity index (χ4v) is 2.93. The van der Waals surface area contributed by atoms with Gasteiger partial charge in [-0.05, 0) is 19.9 Å². The van der Waals surface area contributed by atoms with Crippen LogP contribution in [0.4, 0.5) is 0 Å². The highest BCUT2D eigenvalue weighted by Gasteiger charge is 2.30. The van der Waals surface area contributed by atoms with E-state index in [0.717, 1.165) is 0 Å².